The van der Waals surface area contributed by atoms with E-state index in [1.54, 1.807) is 35.4 Å². The lowest BCUT2D eigenvalue weighted by Crippen LogP contribution is -2.34. The van der Waals surface area contributed by atoms with Gasteiger partial charge in [-0.3, -0.25) is 4.79 Å². The minimum absolute atomic E-state index is 0.132. The monoisotopic (exact) mass is 343 g/mol. The Morgan fingerprint density at radius 2 is 1.96 bits per heavy atom. The lowest BCUT2D eigenvalue weighted by molar-refractivity contribution is -0.131. The molecule has 2 heterocycles. The Hall–Kier alpha value is -2.74. The number of amides is 1. The molecule has 0 N–H and O–H groups in total. The number of hydrogen-bond acceptors (Lipinski definition) is 5. The van der Waals surface area contributed by atoms with Gasteiger partial charge in [-0.05, 0) is 46.5 Å². The number of carbonyl (C=O) groups is 1. The summed E-state index contributed by atoms with van der Waals surface area (Å²) in [6, 6.07) is 11.0. The van der Waals surface area contributed by atoms with E-state index in [4.69, 9.17) is 0 Å². The van der Waals surface area contributed by atoms with E-state index in [2.05, 4.69) is 10.4 Å². The van der Waals surface area contributed by atoms with Crippen molar-refractivity contribution < 1.29 is 4.79 Å². The van der Waals surface area contributed by atoms with Crippen LogP contribution in [-0.4, -0.2) is 37.6 Å². The molecule has 1 aromatic carbocycles. The fraction of sp³-hybridized carbons (Fsp3) is 0.250. The molecule has 0 spiro atoms. The van der Waals surface area contributed by atoms with Crippen molar-refractivity contribution in [3.63, 3.8) is 0 Å². The van der Waals surface area contributed by atoms with Gasteiger partial charge < -0.3 is 4.90 Å². The number of rotatable bonds is 5. The molecule has 0 aliphatic heterocycles. The van der Waals surface area contributed by atoms with Crippen LogP contribution >= 0.6 is 11.3 Å². The Bertz CT molecular complexity index is 897. The van der Waals surface area contributed by atoms with Gasteiger partial charge in [-0.15, -0.1) is 11.3 Å². The number of thiophene rings is 1. The van der Waals surface area contributed by atoms with E-state index in [1.807, 2.05) is 36.6 Å². The predicted molar refractivity (Wildman–Crippen MR) is 91.1 cm³/mol. The molecule has 124 valence electrons. The zero-order valence-electron chi connectivity index (χ0n) is 13.4. The van der Waals surface area contributed by atoms with Crippen LogP contribution in [0, 0.1) is 6.92 Å². The number of tetrazole rings is 1. The van der Waals surface area contributed by atoms with Gasteiger partial charge in [0.1, 0.15) is 6.54 Å². The van der Waals surface area contributed by atoms with E-state index < -0.39 is 5.69 Å². The fourth-order valence-electron chi connectivity index (χ4n) is 2.22. The van der Waals surface area contributed by atoms with Crippen molar-refractivity contribution in [1.29, 1.82) is 0 Å². The molecule has 0 unspecified atom stereocenters. The summed E-state index contributed by atoms with van der Waals surface area (Å²) in [6.45, 7) is 2.40. The molecule has 0 bridgehead atoms. The molecule has 0 saturated heterocycles. The second-order valence-corrected chi connectivity index (χ2v) is 6.44. The van der Waals surface area contributed by atoms with Crippen LogP contribution < -0.4 is 5.69 Å². The lowest BCUT2D eigenvalue weighted by Gasteiger charge is -2.16. The average Bonchev–Trinajstić information content (AvgIpc) is 3.15. The van der Waals surface area contributed by atoms with E-state index in [-0.39, 0.29) is 12.5 Å². The van der Waals surface area contributed by atoms with Crippen molar-refractivity contribution in [3.05, 3.63) is 62.7 Å². The number of para-hydroxylation sites is 1. The van der Waals surface area contributed by atoms with Crippen LogP contribution in [-0.2, 0) is 17.9 Å². The largest absolute Gasteiger partial charge is 0.368 e. The molecule has 0 fully saturated rings. The smallest absolute Gasteiger partial charge is 0.339 e. The molecule has 0 saturated carbocycles. The number of likely N-dealkylation sites (N-methyl/N-ethyl adjacent to an activating group) is 1. The summed E-state index contributed by atoms with van der Waals surface area (Å²) in [5.74, 6) is -0.190. The molecule has 2 aromatic heterocycles. The van der Waals surface area contributed by atoms with Crippen LogP contribution in [0.25, 0.3) is 5.69 Å². The third-order valence-electron chi connectivity index (χ3n) is 3.70. The number of nitrogens with zero attached hydrogens (tertiary/aromatic N) is 5. The van der Waals surface area contributed by atoms with Crippen molar-refractivity contribution in [1.82, 2.24) is 24.7 Å². The second-order valence-electron chi connectivity index (χ2n) is 5.44. The number of aryl methyl sites for hydroxylation is 1. The summed E-state index contributed by atoms with van der Waals surface area (Å²) in [5, 5.41) is 9.64. The van der Waals surface area contributed by atoms with Gasteiger partial charge in [-0.2, -0.15) is 9.36 Å². The number of carbonyl (C=O) groups excluding carboxylic acids is 1. The molecule has 0 atom stereocenters. The molecular weight excluding hydrogens is 326 g/mol. The highest BCUT2D eigenvalue weighted by Gasteiger charge is 2.16. The maximum absolute atomic E-state index is 12.3. The lowest BCUT2D eigenvalue weighted by atomic mass is 10.3. The Kier molecular flexibility index (Phi) is 4.57. The van der Waals surface area contributed by atoms with Crippen LogP contribution in [0.4, 0.5) is 0 Å². The summed E-state index contributed by atoms with van der Waals surface area (Å²) in [6.07, 6.45) is 0. The van der Waals surface area contributed by atoms with Crippen molar-refractivity contribution >= 4 is 17.2 Å². The molecular formula is C16H17N5O2S. The Morgan fingerprint density at radius 1 is 1.21 bits per heavy atom. The van der Waals surface area contributed by atoms with Crippen molar-refractivity contribution in [2.45, 2.75) is 20.0 Å². The van der Waals surface area contributed by atoms with Crippen molar-refractivity contribution in [2.24, 2.45) is 0 Å². The summed E-state index contributed by atoms with van der Waals surface area (Å²) in [4.78, 5) is 27.4. The zero-order chi connectivity index (χ0) is 17.1. The van der Waals surface area contributed by atoms with Crippen LogP contribution in [0.15, 0.2) is 46.6 Å². The van der Waals surface area contributed by atoms with Crippen LogP contribution in [0.5, 0.6) is 0 Å². The van der Waals surface area contributed by atoms with Gasteiger partial charge in [-0.1, -0.05) is 18.2 Å². The van der Waals surface area contributed by atoms with Gasteiger partial charge in [0.2, 0.25) is 5.91 Å². The maximum atomic E-state index is 12.3. The van der Waals surface area contributed by atoms with Gasteiger partial charge in [-0.25, -0.2) is 4.79 Å². The highest BCUT2D eigenvalue weighted by molar-refractivity contribution is 7.10. The summed E-state index contributed by atoms with van der Waals surface area (Å²) in [5.41, 5.74) is 1.34. The minimum atomic E-state index is -0.435. The molecule has 0 aliphatic rings. The standard InChI is InChI=1S/C16H17N5O2S/c1-12-8-9-24-14(12)10-19(2)15(22)11-20-16(23)21(18-17-20)13-6-4-3-5-7-13/h3-9H,10-11H2,1-2H3. The topological polar surface area (TPSA) is 73.0 Å². The number of aromatic nitrogens is 4. The highest BCUT2D eigenvalue weighted by Crippen LogP contribution is 2.17. The van der Waals surface area contributed by atoms with E-state index in [0.717, 1.165) is 15.1 Å². The van der Waals surface area contributed by atoms with Gasteiger partial charge in [0.25, 0.3) is 0 Å². The highest BCUT2D eigenvalue weighted by atomic mass is 32.1. The molecule has 3 aromatic rings. The zero-order valence-corrected chi connectivity index (χ0v) is 14.2. The molecule has 0 radical (unpaired) electrons. The predicted octanol–water partition coefficient (Wildman–Crippen LogP) is 1.46. The van der Waals surface area contributed by atoms with Crippen molar-refractivity contribution in [3.8, 4) is 5.69 Å². The summed E-state index contributed by atoms with van der Waals surface area (Å²) in [7, 11) is 1.72. The molecule has 24 heavy (non-hydrogen) atoms. The number of hydrogen-bond donors (Lipinski definition) is 0. The van der Waals surface area contributed by atoms with E-state index in [1.165, 1.54) is 4.68 Å². The third-order valence-corrected chi connectivity index (χ3v) is 4.71. The molecule has 0 aliphatic carbocycles. The van der Waals surface area contributed by atoms with E-state index >= 15 is 0 Å². The van der Waals surface area contributed by atoms with Crippen molar-refractivity contribution in [2.75, 3.05) is 7.05 Å². The quantitative estimate of drug-likeness (QED) is 0.703. The summed E-state index contributed by atoms with van der Waals surface area (Å²) < 4.78 is 2.25. The number of benzene rings is 1. The third kappa shape index (κ3) is 3.28. The first kappa shape index (κ1) is 16.1. The second kappa shape index (κ2) is 6.79. The Morgan fingerprint density at radius 3 is 2.62 bits per heavy atom. The normalized spacial score (nSPS) is 10.8. The van der Waals surface area contributed by atoms with Crippen LogP contribution in [0.3, 0.4) is 0 Å². The van der Waals surface area contributed by atoms with Gasteiger partial charge >= 0.3 is 5.69 Å². The SMILES string of the molecule is Cc1ccsc1CN(C)C(=O)Cn1nnn(-c2ccccc2)c1=O. The molecule has 7 nitrogen and oxygen atoms in total. The first-order valence-electron chi connectivity index (χ1n) is 7.41. The molecule has 1 amide bonds. The Balaban J connectivity index is 1.72. The molecule has 3 rings (SSSR count). The fourth-order valence-corrected chi connectivity index (χ4v) is 3.18. The van der Waals surface area contributed by atoms with E-state index in [0.29, 0.717) is 12.2 Å². The average molecular weight is 343 g/mol. The Labute approximate surface area is 142 Å². The van der Waals surface area contributed by atoms with Gasteiger partial charge in [0.05, 0.1) is 12.2 Å². The molecule has 8 heteroatoms. The maximum Gasteiger partial charge on any atom is 0.368 e. The van der Waals surface area contributed by atoms with E-state index in [9.17, 15) is 9.59 Å². The van der Waals surface area contributed by atoms with Crippen LogP contribution in [0.2, 0.25) is 0 Å². The summed E-state index contributed by atoms with van der Waals surface area (Å²) >= 11 is 1.61. The van der Waals surface area contributed by atoms with Gasteiger partial charge in [0, 0.05) is 11.9 Å². The van der Waals surface area contributed by atoms with Crippen LogP contribution in [0.1, 0.15) is 10.4 Å². The minimum Gasteiger partial charge on any atom is -0.339 e. The first-order chi connectivity index (χ1) is 11.6. The first-order valence-corrected chi connectivity index (χ1v) is 8.29. The van der Waals surface area contributed by atoms with Gasteiger partial charge in [0.15, 0.2) is 0 Å².